The molecule has 2 rings (SSSR count). The van der Waals surface area contributed by atoms with Crippen molar-refractivity contribution in [3.8, 4) is 6.07 Å². The van der Waals surface area contributed by atoms with Gasteiger partial charge in [-0.25, -0.2) is 0 Å². The molecule has 0 atom stereocenters. The van der Waals surface area contributed by atoms with Crippen molar-refractivity contribution >= 4 is 11.5 Å². The predicted octanol–water partition coefficient (Wildman–Crippen LogP) is 0.520. The Morgan fingerprint density at radius 2 is 2.33 bits per heavy atom. The molecular formula is C8H6N4. The number of nitrogens with two attached hydrogens (primary N) is 1. The van der Waals surface area contributed by atoms with Crippen LogP contribution >= 0.6 is 0 Å². The van der Waals surface area contributed by atoms with E-state index in [-0.39, 0.29) is 11.4 Å². The molecule has 0 saturated carbocycles. The van der Waals surface area contributed by atoms with Gasteiger partial charge in [-0.3, -0.25) is 9.98 Å². The van der Waals surface area contributed by atoms with Gasteiger partial charge in [0.25, 0.3) is 0 Å². The smallest absolute Gasteiger partial charge is 0.149 e. The minimum Gasteiger partial charge on any atom is -0.396 e. The topological polar surface area (TPSA) is 78.6 Å². The van der Waals surface area contributed by atoms with Gasteiger partial charge in [-0.2, -0.15) is 5.26 Å². The van der Waals surface area contributed by atoms with Crippen molar-refractivity contribution < 1.29 is 0 Å². The first kappa shape index (κ1) is 6.68. The number of hydrogen-bond acceptors (Lipinski definition) is 3. The number of fused-ring (bicyclic) bond motifs is 1. The molecule has 0 fully saturated rings. The number of allylic oxidation sites excluding steroid dienone is 1. The van der Waals surface area contributed by atoms with Gasteiger partial charge < -0.3 is 5.73 Å². The molecule has 2 heterocycles. The molecule has 1 aromatic heterocycles. The molecule has 58 valence electrons. The highest BCUT2D eigenvalue weighted by molar-refractivity contribution is 6.12. The third kappa shape index (κ3) is 0.576. The van der Waals surface area contributed by atoms with Crippen LogP contribution in [-0.2, 0) is 0 Å². The Balaban J connectivity index is 2.73. The Morgan fingerprint density at radius 3 is 2.92 bits per heavy atom. The summed E-state index contributed by atoms with van der Waals surface area (Å²) in [6.07, 6.45) is 1.72. The van der Waals surface area contributed by atoms with E-state index in [0.29, 0.717) is 5.70 Å². The van der Waals surface area contributed by atoms with Crippen LogP contribution in [0.5, 0.6) is 0 Å². The van der Waals surface area contributed by atoms with Crippen LogP contribution < -0.4 is 5.73 Å². The van der Waals surface area contributed by atoms with Crippen molar-refractivity contribution in [2.45, 2.75) is 0 Å². The first-order valence-electron chi connectivity index (χ1n) is 3.42. The standard InChI is InChI=1S/C8H6N4/c9-4-5-7(10)6-2-1-3-12(6)8(5)11/h1-3,11H,10H2. The third-order valence-electron chi connectivity index (χ3n) is 1.88. The highest BCUT2D eigenvalue weighted by Crippen LogP contribution is 2.22. The van der Waals surface area contributed by atoms with Gasteiger partial charge in [0.1, 0.15) is 17.5 Å². The molecule has 1 aliphatic heterocycles. The number of rotatable bonds is 0. The second kappa shape index (κ2) is 1.98. The van der Waals surface area contributed by atoms with E-state index < -0.39 is 0 Å². The van der Waals surface area contributed by atoms with Gasteiger partial charge in [-0.1, -0.05) is 0 Å². The Morgan fingerprint density at radius 1 is 1.58 bits per heavy atom. The molecule has 1 aliphatic rings. The number of aromatic nitrogens is 1. The number of nitrogens with one attached hydrogen (secondary N) is 1. The van der Waals surface area contributed by atoms with Gasteiger partial charge in [0.2, 0.25) is 0 Å². The van der Waals surface area contributed by atoms with Gasteiger partial charge in [-0.05, 0) is 12.1 Å². The lowest BCUT2D eigenvalue weighted by atomic mass is 10.2. The van der Waals surface area contributed by atoms with Crippen molar-refractivity contribution in [3.63, 3.8) is 0 Å². The molecule has 0 radical (unpaired) electrons. The van der Waals surface area contributed by atoms with E-state index in [4.69, 9.17) is 16.4 Å². The van der Waals surface area contributed by atoms with E-state index in [0.717, 1.165) is 5.69 Å². The lowest BCUT2D eigenvalue weighted by Gasteiger charge is -1.95. The van der Waals surface area contributed by atoms with Crippen molar-refractivity contribution in [1.29, 1.82) is 10.7 Å². The number of nitrogens with zero attached hydrogens (tertiary/aromatic N) is 2. The number of nitriles is 1. The molecule has 1 aromatic rings. The van der Waals surface area contributed by atoms with Crippen LogP contribution in [0.25, 0.3) is 5.70 Å². The fourth-order valence-corrected chi connectivity index (χ4v) is 1.28. The molecular weight excluding hydrogens is 152 g/mol. The van der Waals surface area contributed by atoms with Gasteiger partial charge >= 0.3 is 0 Å². The zero-order valence-electron chi connectivity index (χ0n) is 6.20. The quantitative estimate of drug-likeness (QED) is 0.577. The molecule has 4 nitrogen and oxygen atoms in total. The summed E-state index contributed by atoms with van der Waals surface area (Å²) in [7, 11) is 0. The van der Waals surface area contributed by atoms with E-state index >= 15 is 0 Å². The Bertz CT molecular complexity index is 430. The summed E-state index contributed by atoms with van der Waals surface area (Å²) < 4.78 is 1.59. The summed E-state index contributed by atoms with van der Waals surface area (Å²) in [5, 5.41) is 16.2. The van der Waals surface area contributed by atoms with E-state index in [1.54, 1.807) is 22.9 Å². The van der Waals surface area contributed by atoms with Crippen LogP contribution in [0.15, 0.2) is 23.9 Å². The lowest BCUT2D eigenvalue weighted by Crippen LogP contribution is -2.05. The van der Waals surface area contributed by atoms with Gasteiger partial charge in [-0.15, -0.1) is 0 Å². The zero-order valence-corrected chi connectivity index (χ0v) is 6.20. The Kier molecular flexibility index (Phi) is 1.10. The molecule has 0 aromatic carbocycles. The first-order chi connectivity index (χ1) is 5.75. The third-order valence-corrected chi connectivity index (χ3v) is 1.88. The van der Waals surface area contributed by atoms with Crippen molar-refractivity contribution in [2.75, 3.05) is 0 Å². The molecule has 0 aliphatic carbocycles. The second-order valence-corrected chi connectivity index (χ2v) is 2.51. The lowest BCUT2D eigenvalue weighted by molar-refractivity contribution is 1.13. The largest absolute Gasteiger partial charge is 0.396 e. The maximum Gasteiger partial charge on any atom is 0.149 e. The SMILES string of the molecule is N#CC1=C(N)c2cccn2C1=N. The van der Waals surface area contributed by atoms with Gasteiger partial charge in [0, 0.05) is 6.20 Å². The average Bonchev–Trinajstić information content (AvgIpc) is 2.58. The minimum atomic E-state index is 0.162. The van der Waals surface area contributed by atoms with E-state index in [1.165, 1.54) is 0 Å². The molecule has 3 N–H and O–H groups in total. The molecule has 12 heavy (non-hydrogen) atoms. The van der Waals surface area contributed by atoms with E-state index in [2.05, 4.69) is 0 Å². The molecule has 0 saturated heterocycles. The fraction of sp³-hybridized carbons (Fsp3) is 0. The van der Waals surface area contributed by atoms with Gasteiger partial charge in [0.15, 0.2) is 0 Å². The predicted molar refractivity (Wildman–Crippen MR) is 44.3 cm³/mol. The molecule has 0 bridgehead atoms. The normalized spacial score (nSPS) is 14.8. The number of hydrogen-bond donors (Lipinski definition) is 2. The summed E-state index contributed by atoms with van der Waals surface area (Å²) >= 11 is 0. The van der Waals surface area contributed by atoms with Crippen LogP contribution in [0, 0.1) is 16.7 Å². The summed E-state index contributed by atoms with van der Waals surface area (Å²) in [6, 6.07) is 5.49. The monoisotopic (exact) mass is 158 g/mol. The summed E-state index contributed by atoms with van der Waals surface area (Å²) in [5.74, 6) is 0.162. The van der Waals surface area contributed by atoms with Crippen LogP contribution in [-0.4, -0.2) is 10.4 Å². The maximum atomic E-state index is 8.66. The van der Waals surface area contributed by atoms with Crippen LogP contribution in [0.4, 0.5) is 0 Å². The summed E-state index contributed by atoms with van der Waals surface area (Å²) in [4.78, 5) is 0. The van der Waals surface area contributed by atoms with Crippen LogP contribution in [0.1, 0.15) is 5.69 Å². The average molecular weight is 158 g/mol. The first-order valence-corrected chi connectivity index (χ1v) is 3.42. The van der Waals surface area contributed by atoms with Crippen LogP contribution in [0.2, 0.25) is 0 Å². The minimum absolute atomic E-state index is 0.162. The molecule has 0 unspecified atom stereocenters. The van der Waals surface area contributed by atoms with Gasteiger partial charge in [0.05, 0.1) is 11.4 Å². The summed E-state index contributed by atoms with van der Waals surface area (Å²) in [5.41, 5.74) is 7.02. The Hall–Kier alpha value is -2.02. The van der Waals surface area contributed by atoms with Crippen LogP contribution in [0.3, 0.4) is 0 Å². The zero-order chi connectivity index (χ0) is 8.72. The molecule has 0 amide bonds. The van der Waals surface area contributed by atoms with Crippen molar-refractivity contribution in [1.82, 2.24) is 4.57 Å². The summed E-state index contributed by atoms with van der Waals surface area (Å²) in [6.45, 7) is 0. The van der Waals surface area contributed by atoms with E-state index in [1.807, 2.05) is 6.07 Å². The Labute approximate surface area is 69.0 Å². The maximum absolute atomic E-state index is 8.66. The highest BCUT2D eigenvalue weighted by atomic mass is 15.1. The van der Waals surface area contributed by atoms with Crippen molar-refractivity contribution in [3.05, 3.63) is 29.6 Å². The van der Waals surface area contributed by atoms with E-state index in [9.17, 15) is 0 Å². The highest BCUT2D eigenvalue weighted by Gasteiger charge is 2.23. The fourth-order valence-electron chi connectivity index (χ4n) is 1.28. The molecule has 0 spiro atoms. The second-order valence-electron chi connectivity index (χ2n) is 2.51. The molecule has 4 heteroatoms. The van der Waals surface area contributed by atoms with Crippen molar-refractivity contribution in [2.24, 2.45) is 5.73 Å².